The van der Waals surface area contributed by atoms with E-state index in [0.29, 0.717) is 12.5 Å². The van der Waals surface area contributed by atoms with Crippen LogP contribution in [0, 0.1) is 19.8 Å². The Labute approximate surface area is 198 Å². The highest BCUT2D eigenvalue weighted by molar-refractivity contribution is 5.92. The van der Waals surface area contributed by atoms with Crippen molar-refractivity contribution >= 4 is 17.9 Å². The predicted molar refractivity (Wildman–Crippen MR) is 130 cm³/mol. The van der Waals surface area contributed by atoms with Gasteiger partial charge in [0.05, 0.1) is 0 Å². The van der Waals surface area contributed by atoms with Crippen LogP contribution in [0.5, 0.6) is 0 Å². The number of rotatable bonds is 9. The molecule has 2 N–H and O–H groups in total. The molecule has 0 radical (unpaired) electrons. The number of alkyl carbamates (subject to hydrolysis) is 1. The molecule has 1 aromatic rings. The molecule has 3 amide bonds. The summed E-state index contributed by atoms with van der Waals surface area (Å²) in [6.07, 6.45) is 2.01. The average molecular weight is 460 g/mol. The van der Waals surface area contributed by atoms with Crippen LogP contribution >= 0.6 is 0 Å². The summed E-state index contributed by atoms with van der Waals surface area (Å²) in [4.78, 5) is 41.0. The topological polar surface area (TPSA) is 87.7 Å². The van der Waals surface area contributed by atoms with E-state index in [1.54, 1.807) is 32.6 Å². The summed E-state index contributed by atoms with van der Waals surface area (Å²) < 4.78 is 5.32. The second kappa shape index (κ2) is 11.0. The van der Waals surface area contributed by atoms with Crippen LogP contribution < -0.4 is 10.6 Å². The van der Waals surface area contributed by atoms with E-state index in [0.717, 1.165) is 36.0 Å². The monoisotopic (exact) mass is 459 g/mol. The van der Waals surface area contributed by atoms with Crippen LogP contribution in [-0.2, 0) is 14.3 Å². The smallest absolute Gasteiger partial charge is 0.408 e. The van der Waals surface area contributed by atoms with Gasteiger partial charge in [-0.3, -0.25) is 9.59 Å². The highest BCUT2D eigenvalue weighted by atomic mass is 16.6. The number of nitrogens with zero attached hydrogens (tertiary/aromatic N) is 1. The average Bonchev–Trinajstić information content (AvgIpc) is 3.42. The molecule has 7 heteroatoms. The largest absolute Gasteiger partial charge is 0.444 e. The van der Waals surface area contributed by atoms with E-state index in [4.69, 9.17) is 4.74 Å². The molecule has 1 aliphatic rings. The lowest BCUT2D eigenvalue weighted by Gasteiger charge is -2.34. The van der Waals surface area contributed by atoms with Crippen molar-refractivity contribution in [2.75, 3.05) is 6.54 Å². The van der Waals surface area contributed by atoms with Crippen LogP contribution in [0.1, 0.15) is 83.5 Å². The Hall–Kier alpha value is -2.57. The van der Waals surface area contributed by atoms with Gasteiger partial charge >= 0.3 is 6.09 Å². The van der Waals surface area contributed by atoms with Crippen LogP contribution in [-0.4, -0.2) is 47.0 Å². The maximum atomic E-state index is 13.6. The molecule has 1 fully saturated rings. The molecule has 4 atom stereocenters. The zero-order valence-corrected chi connectivity index (χ0v) is 21.5. The van der Waals surface area contributed by atoms with Crippen molar-refractivity contribution in [3.63, 3.8) is 0 Å². The summed E-state index contributed by atoms with van der Waals surface area (Å²) in [7, 11) is 0. The quantitative estimate of drug-likeness (QED) is 0.536. The van der Waals surface area contributed by atoms with Gasteiger partial charge in [0.25, 0.3) is 0 Å². The standard InChI is InChI=1S/C26H41N3O4/c1-9-10-13-27-23(30)22(20-12-11-16(2)17(3)14-20)29(21-15-18(21)4)24(31)19(5)28-25(32)33-26(6,7)8/h11-12,14,18-19,21-22H,9-10,13,15H2,1-8H3,(H,27,30)(H,28,32). The number of ether oxygens (including phenoxy) is 1. The number of benzene rings is 1. The minimum atomic E-state index is -0.829. The number of aryl methyl sites for hydroxylation is 2. The summed E-state index contributed by atoms with van der Waals surface area (Å²) in [6, 6.07) is 4.25. The fourth-order valence-corrected chi connectivity index (χ4v) is 3.80. The highest BCUT2D eigenvalue weighted by Crippen LogP contribution is 2.41. The van der Waals surface area contributed by atoms with Crippen molar-refractivity contribution in [2.45, 2.75) is 98.4 Å². The molecule has 2 rings (SSSR count). The van der Waals surface area contributed by atoms with Crippen molar-refractivity contribution in [1.29, 1.82) is 0 Å². The molecule has 1 aliphatic carbocycles. The van der Waals surface area contributed by atoms with Gasteiger partial charge in [0.15, 0.2) is 0 Å². The molecule has 0 saturated heterocycles. The summed E-state index contributed by atoms with van der Waals surface area (Å²) in [6.45, 7) is 15.7. The first-order valence-corrected chi connectivity index (χ1v) is 12.0. The highest BCUT2D eigenvalue weighted by Gasteiger charge is 2.47. The first-order valence-electron chi connectivity index (χ1n) is 12.0. The Morgan fingerprint density at radius 3 is 2.33 bits per heavy atom. The molecule has 0 spiro atoms. The normalized spacial score (nSPS) is 19.3. The Kier molecular flexibility index (Phi) is 8.92. The first-order chi connectivity index (χ1) is 15.4. The molecule has 0 aromatic heterocycles. The first kappa shape index (κ1) is 26.7. The van der Waals surface area contributed by atoms with Crippen molar-refractivity contribution in [2.24, 2.45) is 5.92 Å². The Balaban J connectivity index is 2.37. The van der Waals surface area contributed by atoms with Gasteiger partial charge in [-0.25, -0.2) is 4.79 Å². The molecule has 4 unspecified atom stereocenters. The van der Waals surface area contributed by atoms with Gasteiger partial charge in [-0.1, -0.05) is 38.5 Å². The predicted octanol–water partition coefficient (Wildman–Crippen LogP) is 4.41. The minimum absolute atomic E-state index is 0.0519. The minimum Gasteiger partial charge on any atom is -0.444 e. The lowest BCUT2D eigenvalue weighted by Crippen LogP contribution is -2.53. The molecule has 1 saturated carbocycles. The molecule has 0 bridgehead atoms. The number of carbonyl (C=O) groups is 3. The van der Waals surface area contributed by atoms with Crippen LogP contribution in [0.3, 0.4) is 0 Å². The SMILES string of the molecule is CCCCNC(=O)C(c1ccc(C)c(C)c1)N(C(=O)C(C)NC(=O)OC(C)(C)C)C1CC1C. The Morgan fingerprint density at radius 1 is 1.18 bits per heavy atom. The van der Waals surface area contributed by atoms with E-state index in [2.05, 4.69) is 24.5 Å². The van der Waals surface area contributed by atoms with E-state index in [1.165, 1.54) is 0 Å². The van der Waals surface area contributed by atoms with Gasteiger partial charge in [-0.15, -0.1) is 0 Å². The van der Waals surface area contributed by atoms with Crippen molar-refractivity contribution in [1.82, 2.24) is 15.5 Å². The molecular weight excluding hydrogens is 418 g/mol. The lowest BCUT2D eigenvalue weighted by atomic mass is 9.98. The maximum absolute atomic E-state index is 13.6. The van der Waals surface area contributed by atoms with Crippen LogP contribution in [0.15, 0.2) is 18.2 Å². The number of amides is 3. The number of carbonyl (C=O) groups excluding carboxylic acids is 3. The second-order valence-electron chi connectivity index (χ2n) is 10.3. The molecule has 7 nitrogen and oxygen atoms in total. The van der Waals surface area contributed by atoms with Gasteiger partial charge in [0, 0.05) is 12.6 Å². The summed E-state index contributed by atoms with van der Waals surface area (Å²) in [5.74, 6) is -0.187. The van der Waals surface area contributed by atoms with E-state index in [9.17, 15) is 14.4 Å². The third kappa shape index (κ3) is 7.47. The molecule has 33 heavy (non-hydrogen) atoms. The zero-order valence-electron chi connectivity index (χ0n) is 21.5. The molecule has 0 heterocycles. The van der Waals surface area contributed by atoms with E-state index in [1.807, 2.05) is 32.0 Å². The Bertz CT molecular complexity index is 862. The number of hydrogen-bond donors (Lipinski definition) is 2. The lowest BCUT2D eigenvalue weighted by molar-refractivity contribution is -0.143. The van der Waals surface area contributed by atoms with Gasteiger partial charge < -0.3 is 20.3 Å². The third-order valence-electron chi connectivity index (χ3n) is 5.99. The molecular formula is C26H41N3O4. The van der Waals surface area contributed by atoms with E-state index in [-0.39, 0.29) is 17.9 Å². The van der Waals surface area contributed by atoms with E-state index < -0.39 is 23.8 Å². The van der Waals surface area contributed by atoms with Gasteiger partial charge in [0.1, 0.15) is 17.7 Å². The fourth-order valence-electron chi connectivity index (χ4n) is 3.80. The third-order valence-corrected chi connectivity index (χ3v) is 5.99. The van der Waals surface area contributed by atoms with Gasteiger partial charge in [-0.05, 0) is 77.0 Å². The number of unbranched alkanes of at least 4 members (excludes halogenated alkanes) is 1. The van der Waals surface area contributed by atoms with E-state index >= 15 is 0 Å². The molecule has 1 aromatic carbocycles. The Morgan fingerprint density at radius 2 is 1.82 bits per heavy atom. The second-order valence-corrected chi connectivity index (χ2v) is 10.3. The summed E-state index contributed by atoms with van der Waals surface area (Å²) in [5, 5.41) is 5.66. The van der Waals surface area contributed by atoms with Crippen molar-refractivity contribution < 1.29 is 19.1 Å². The van der Waals surface area contributed by atoms with Crippen LogP contribution in [0.25, 0.3) is 0 Å². The fraction of sp³-hybridized carbons (Fsp3) is 0.654. The van der Waals surface area contributed by atoms with Crippen molar-refractivity contribution in [3.05, 3.63) is 34.9 Å². The summed E-state index contributed by atoms with van der Waals surface area (Å²) >= 11 is 0. The van der Waals surface area contributed by atoms with Crippen molar-refractivity contribution in [3.8, 4) is 0 Å². The maximum Gasteiger partial charge on any atom is 0.408 e. The van der Waals surface area contributed by atoms with Crippen LogP contribution in [0.4, 0.5) is 4.79 Å². The molecule has 184 valence electrons. The zero-order chi connectivity index (χ0) is 24.9. The van der Waals surface area contributed by atoms with Gasteiger partial charge in [0.2, 0.25) is 11.8 Å². The van der Waals surface area contributed by atoms with Crippen LogP contribution in [0.2, 0.25) is 0 Å². The number of nitrogens with one attached hydrogen (secondary N) is 2. The summed E-state index contributed by atoms with van der Waals surface area (Å²) in [5.41, 5.74) is 2.30. The number of hydrogen-bond acceptors (Lipinski definition) is 4. The molecule has 0 aliphatic heterocycles. The van der Waals surface area contributed by atoms with Gasteiger partial charge in [-0.2, -0.15) is 0 Å².